The minimum absolute atomic E-state index is 0.0766. The molecule has 5 heteroatoms. The first-order chi connectivity index (χ1) is 10.2. The lowest BCUT2D eigenvalue weighted by Crippen LogP contribution is -2.57. The molecule has 0 radical (unpaired) electrons. The molecular weight excluding hydrogens is 268 g/mol. The summed E-state index contributed by atoms with van der Waals surface area (Å²) in [5.41, 5.74) is 0. The molecular formula is C16H26N2O3. The number of likely N-dealkylation sites (tertiary alicyclic amines) is 1. The molecule has 4 atom stereocenters. The predicted molar refractivity (Wildman–Crippen MR) is 78.8 cm³/mol. The van der Waals surface area contributed by atoms with Gasteiger partial charge in [-0.2, -0.15) is 0 Å². The lowest BCUT2D eigenvalue weighted by atomic mass is 9.76. The van der Waals surface area contributed by atoms with Crippen molar-refractivity contribution in [3.05, 3.63) is 0 Å². The molecule has 118 valence electrons. The molecule has 3 rings (SSSR count). The maximum atomic E-state index is 12.8. The van der Waals surface area contributed by atoms with Gasteiger partial charge in [0.05, 0.1) is 0 Å². The molecule has 0 bridgehead atoms. The summed E-state index contributed by atoms with van der Waals surface area (Å²) >= 11 is 0. The largest absolute Gasteiger partial charge is 0.480 e. The van der Waals surface area contributed by atoms with Gasteiger partial charge in [-0.25, -0.2) is 4.79 Å². The summed E-state index contributed by atoms with van der Waals surface area (Å²) in [5.74, 6) is 0.167. The van der Waals surface area contributed by atoms with Crippen LogP contribution in [-0.4, -0.2) is 47.1 Å². The summed E-state index contributed by atoms with van der Waals surface area (Å²) in [4.78, 5) is 26.1. The standard InChI is InChI=1S/C16H26N2O3/c19-15(9-11-7-8-17-10-11)18-13-4-2-1-3-12(13)5-6-14(18)16(20)21/h11-14,17H,1-10H2,(H,20,21). The Labute approximate surface area is 126 Å². The zero-order valence-electron chi connectivity index (χ0n) is 12.6. The Kier molecular flexibility index (Phi) is 4.48. The Morgan fingerprint density at radius 3 is 2.62 bits per heavy atom. The van der Waals surface area contributed by atoms with Gasteiger partial charge >= 0.3 is 5.97 Å². The zero-order chi connectivity index (χ0) is 14.8. The highest BCUT2D eigenvalue weighted by atomic mass is 16.4. The number of hydrogen-bond acceptors (Lipinski definition) is 3. The molecule has 0 aromatic heterocycles. The molecule has 4 unspecified atom stereocenters. The van der Waals surface area contributed by atoms with Gasteiger partial charge in [-0.3, -0.25) is 4.79 Å². The van der Waals surface area contributed by atoms with Crippen LogP contribution >= 0.6 is 0 Å². The van der Waals surface area contributed by atoms with Crippen molar-refractivity contribution in [1.82, 2.24) is 10.2 Å². The molecule has 3 aliphatic rings. The van der Waals surface area contributed by atoms with Crippen molar-refractivity contribution in [3.8, 4) is 0 Å². The van der Waals surface area contributed by atoms with E-state index in [1.54, 1.807) is 4.90 Å². The summed E-state index contributed by atoms with van der Waals surface area (Å²) in [6.45, 7) is 1.87. The number of carboxylic acid groups (broad SMARTS) is 1. The third kappa shape index (κ3) is 3.07. The number of fused-ring (bicyclic) bond motifs is 1. The smallest absolute Gasteiger partial charge is 0.326 e. The fraction of sp³-hybridized carbons (Fsp3) is 0.875. The fourth-order valence-electron chi connectivity index (χ4n) is 4.48. The number of hydrogen-bond donors (Lipinski definition) is 2. The second-order valence-corrected chi connectivity index (χ2v) is 6.91. The van der Waals surface area contributed by atoms with Gasteiger partial charge in [-0.15, -0.1) is 0 Å². The number of carbonyl (C=O) groups excluding carboxylic acids is 1. The number of rotatable bonds is 3. The summed E-state index contributed by atoms with van der Waals surface area (Å²) in [5, 5.41) is 12.8. The van der Waals surface area contributed by atoms with Crippen LogP contribution in [0.3, 0.4) is 0 Å². The molecule has 5 nitrogen and oxygen atoms in total. The molecule has 1 aliphatic carbocycles. The van der Waals surface area contributed by atoms with Gasteiger partial charge in [0.1, 0.15) is 6.04 Å². The van der Waals surface area contributed by atoms with Crippen LogP contribution in [0, 0.1) is 11.8 Å². The number of amides is 1. The summed E-state index contributed by atoms with van der Waals surface area (Å²) in [6.07, 6.45) is 7.65. The highest BCUT2D eigenvalue weighted by Crippen LogP contribution is 2.38. The highest BCUT2D eigenvalue weighted by Gasteiger charge is 2.43. The van der Waals surface area contributed by atoms with Crippen LogP contribution in [0.25, 0.3) is 0 Å². The molecule has 2 saturated heterocycles. The topological polar surface area (TPSA) is 69.6 Å². The SMILES string of the molecule is O=C(O)C1CCC2CCCCC2N1C(=O)CC1CCNC1. The van der Waals surface area contributed by atoms with Crippen molar-refractivity contribution in [2.45, 2.75) is 63.5 Å². The van der Waals surface area contributed by atoms with Gasteiger partial charge in [-0.05, 0) is 57.0 Å². The van der Waals surface area contributed by atoms with E-state index in [1.165, 1.54) is 6.42 Å². The molecule has 1 amide bonds. The van der Waals surface area contributed by atoms with E-state index in [0.717, 1.165) is 45.2 Å². The monoisotopic (exact) mass is 294 g/mol. The molecule has 2 N–H and O–H groups in total. The number of carbonyl (C=O) groups is 2. The van der Waals surface area contributed by atoms with E-state index >= 15 is 0 Å². The van der Waals surface area contributed by atoms with Crippen LogP contribution in [-0.2, 0) is 9.59 Å². The fourth-order valence-corrected chi connectivity index (χ4v) is 4.48. The molecule has 1 saturated carbocycles. The van der Waals surface area contributed by atoms with Crippen molar-refractivity contribution in [2.75, 3.05) is 13.1 Å². The normalized spacial score (nSPS) is 36.3. The van der Waals surface area contributed by atoms with E-state index in [-0.39, 0.29) is 11.9 Å². The maximum absolute atomic E-state index is 12.8. The second kappa shape index (κ2) is 6.34. The van der Waals surface area contributed by atoms with E-state index in [2.05, 4.69) is 5.32 Å². The van der Waals surface area contributed by atoms with Gasteiger partial charge in [0.25, 0.3) is 0 Å². The van der Waals surface area contributed by atoms with Gasteiger partial charge in [0, 0.05) is 12.5 Å². The number of piperidine rings is 1. The van der Waals surface area contributed by atoms with E-state index in [1.807, 2.05) is 0 Å². The average Bonchev–Trinajstić information content (AvgIpc) is 2.98. The number of aliphatic carboxylic acids is 1. The highest BCUT2D eigenvalue weighted by molar-refractivity contribution is 5.84. The Hall–Kier alpha value is -1.10. The Bertz CT molecular complexity index is 406. The minimum Gasteiger partial charge on any atom is -0.480 e. The first kappa shape index (κ1) is 14.8. The van der Waals surface area contributed by atoms with Crippen LogP contribution in [0.5, 0.6) is 0 Å². The maximum Gasteiger partial charge on any atom is 0.326 e. The molecule has 0 aromatic rings. The quantitative estimate of drug-likeness (QED) is 0.830. The average molecular weight is 294 g/mol. The van der Waals surface area contributed by atoms with Crippen LogP contribution < -0.4 is 5.32 Å². The van der Waals surface area contributed by atoms with Gasteiger partial charge < -0.3 is 15.3 Å². The molecule has 2 aliphatic heterocycles. The van der Waals surface area contributed by atoms with Crippen molar-refractivity contribution in [1.29, 1.82) is 0 Å². The molecule has 0 aromatic carbocycles. The third-order valence-corrected chi connectivity index (χ3v) is 5.57. The molecule has 3 fully saturated rings. The third-order valence-electron chi connectivity index (χ3n) is 5.57. The van der Waals surface area contributed by atoms with Gasteiger partial charge in [-0.1, -0.05) is 12.8 Å². The van der Waals surface area contributed by atoms with Crippen molar-refractivity contribution in [2.24, 2.45) is 11.8 Å². The van der Waals surface area contributed by atoms with Crippen molar-refractivity contribution < 1.29 is 14.7 Å². The zero-order valence-corrected chi connectivity index (χ0v) is 12.6. The Balaban J connectivity index is 1.74. The lowest BCUT2D eigenvalue weighted by molar-refractivity contribution is -0.158. The summed E-state index contributed by atoms with van der Waals surface area (Å²) in [6, 6.07) is -0.415. The summed E-state index contributed by atoms with van der Waals surface area (Å²) < 4.78 is 0. The van der Waals surface area contributed by atoms with E-state index < -0.39 is 12.0 Å². The van der Waals surface area contributed by atoms with E-state index in [9.17, 15) is 14.7 Å². The first-order valence-electron chi connectivity index (χ1n) is 8.41. The Morgan fingerprint density at radius 1 is 1.10 bits per heavy atom. The van der Waals surface area contributed by atoms with Gasteiger partial charge in [0.15, 0.2) is 0 Å². The molecule has 21 heavy (non-hydrogen) atoms. The van der Waals surface area contributed by atoms with E-state index in [4.69, 9.17) is 0 Å². The van der Waals surface area contributed by atoms with Crippen LogP contribution in [0.15, 0.2) is 0 Å². The number of carboxylic acids is 1. The first-order valence-corrected chi connectivity index (χ1v) is 8.41. The van der Waals surface area contributed by atoms with Gasteiger partial charge in [0.2, 0.25) is 5.91 Å². The number of nitrogens with one attached hydrogen (secondary N) is 1. The van der Waals surface area contributed by atoms with Crippen LogP contribution in [0.1, 0.15) is 51.4 Å². The minimum atomic E-state index is -0.822. The number of nitrogens with zero attached hydrogens (tertiary/aromatic N) is 1. The van der Waals surface area contributed by atoms with Crippen molar-refractivity contribution in [3.63, 3.8) is 0 Å². The Morgan fingerprint density at radius 2 is 1.90 bits per heavy atom. The van der Waals surface area contributed by atoms with E-state index in [0.29, 0.717) is 24.7 Å². The molecule has 2 heterocycles. The van der Waals surface area contributed by atoms with Crippen molar-refractivity contribution >= 4 is 11.9 Å². The van der Waals surface area contributed by atoms with Crippen LogP contribution in [0.4, 0.5) is 0 Å². The predicted octanol–water partition coefficient (Wildman–Crippen LogP) is 1.62. The lowest BCUT2D eigenvalue weighted by Gasteiger charge is -2.47. The molecule has 0 spiro atoms. The second-order valence-electron chi connectivity index (χ2n) is 6.91. The van der Waals surface area contributed by atoms with Crippen LogP contribution in [0.2, 0.25) is 0 Å². The summed E-state index contributed by atoms with van der Waals surface area (Å²) in [7, 11) is 0.